The van der Waals surface area contributed by atoms with Crippen LogP contribution in [0.5, 0.6) is 0 Å². The lowest BCUT2D eigenvalue weighted by atomic mass is 9.83. The van der Waals surface area contributed by atoms with Crippen LogP contribution < -0.4 is 0 Å². The maximum Gasteiger partial charge on any atom is 0.513 e. The van der Waals surface area contributed by atoms with Crippen LogP contribution in [0, 0.1) is 0 Å². The van der Waals surface area contributed by atoms with Crippen molar-refractivity contribution < 1.29 is 19.2 Å². The summed E-state index contributed by atoms with van der Waals surface area (Å²) in [4.78, 5) is 0. The van der Waals surface area contributed by atoms with E-state index in [-0.39, 0.29) is 17.2 Å². The number of aliphatic hydroxyl groups is 1. The fourth-order valence-corrected chi connectivity index (χ4v) is 2.37. The highest BCUT2D eigenvalue weighted by Crippen LogP contribution is 2.40. The average Bonchev–Trinajstić information content (AvgIpc) is 2.74. The van der Waals surface area contributed by atoms with Gasteiger partial charge in [-0.25, -0.2) is 5.01 Å². The average molecular weight is 284 g/mol. The van der Waals surface area contributed by atoms with Crippen molar-refractivity contribution in [3.05, 3.63) is 11.7 Å². The predicted octanol–water partition coefficient (Wildman–Crippen LogP) is 0.627. The van der Waals surface area contributed by atoms with E-state index in [9.17, 15) is 5.11 Å². The van der Waals surface area contributed by atoms with Crippen molar-refractivity contribution in [3.8, 4) is 0 Å². The van der Waals surface area contributed by atoms with Gasteiger partial charge >= 0.3 is 7.12 Å². The molecule has 0 aliphatic carbocycles. The Morgan fingerprint density at radius 3 is 2.20 bits per heavy atom. The molecule has 1 saturated heterocycles. The minimum absolute atomic E-state index is 0.251. The Bertz CT molecular complexity index is 397. The first kappa shape index (κ1) is 15.8. The first-order chi connectivity index (χ1) is 9.10. The zero-order valence-corrected chi connectivity index (χ0v) is 13.4. The van der Waals surface area contributed by atoms with E-state index in [0.717, 1.165) is 5.60 Å². The van der Waals surface area contributed by atoms with Crippen LogP contribution in [0.2, 0.25) is 0 Å². The molecule has 1 N–H and O–H groups in total. The number of hydrogen-bond donors (Lipinski definition) is 1. The molecule has 2 heterocycles. The van der Waals surface area contributed by atoms with Gasteiger partial charge in [-0.1, -0.05) is 0 Å². The number of hydrogen-bond acceptors (Lipinski definition) is 6. The van der Waals surface area contributed by atoms with Gasteiger partial charge in [0.25, 0.3) is 0 Å². The highest BCUT2D eigenvalue weighted by atomic mass is 16.7. The number of hydrazine groups is 1. The Labute approximate surface area is 121 Å². The van der Waals surface area contributed by atoms with E-state index in [1.165, 1.54) is 7.11 Å². The summed E-state index contributed by atoms with van der Waals surface area (Å²) in [5.41, 5.74) is 0.124. The summed E-state index contributed by atoms with van der Waals surface area (Å²) < 4.78 is 17.1. The summed E-state index contributed by atoms with van der Waals surface area (Å²) >= 11 is 0. The van der Waals surface area contributed by atoms with Crippen LogP contribution >= 0.6 is 0 Å². The highest BCUT2D eigenvalue weighted by Gasteiger charge is 2.54. The van der Waals surface area contributed by atoms with E-state index in [1.54, 1.807) is 0 Å². The molecule has 7 heteroatoms. The van der Waals surface area contributed by atoms with E-state index in [0.29, 0.717) is 0 Å². The molecule has 0 spiro atoms. The smallest absolute Gasteiger partial charge is 0.398 e. The van der Waals surface area contributed by atoms with Crippen molar-refractivity contribution in [1.82, 2.24) is 10.0 Å². The molecule has 2 atom stereocenters. The Balaban J connectivity index is 2.22. The van der Waals surface area contributed by atoms with E-state index < -0.39 is 13.4 Å². The molecular formula is C13H25BN2O4. The van der Waals surface area contributed by atoms with Crippen molar-refractivity contribution in [2.24, 2.45) is 0 Å². The summed E-state index contributed by atoms with van der Waals surface area (Å²) in [6.07, 6.45) is 1.04. The van der Waals surface area contributed by atoms with Gasteiger partial charge in [-0.05, 0) is 33.8 Å². The van der Waals surface area contributed by atoms with Crippen molar-refractivity contribution in [1.29, 1.82) is 0 Å². The van der Waals surface area contributed by atoms with Crippen LogP contribution in [0.4, 0.5) is 0 Å². The number of methoxy groups -OCH3 is 1. The van der Waals surface area contributed by atoms with Crippen molar-refractivity contribution in [2.45, 2.75) is 51.2 Å². The molecule has 114 valence electrons. The predicted molar refractivity (Wildman–Crippen MR) is 76.5 cm³/mol. The second-order valence-electron chi connectivity index (χ2n) is 6.39. The van der Waals surface area contributed by atoms with Gasteiger partial charge in [-0.15, -0.1) is 0 Å². The van der Waals surface area contributed by atoms with Gasteiger partial charge < -0.3 is 24.2 Å². The minimum Gasteiger partial charge on any atom is -0.398 e. The standard InChI is InChI=1S/C13H25BN2O4/c1-12(2)13(3,4)20-14(19-12)10-8-9(11(17)18-7)15(5)16(10)6/h8-9,11,17H,1-7H3. The van der Waals surface area contributed by atoms with Gasteiger partial charge in [0.2, 0.25) is 0 Å². The Morgan fingerprint density at radius 2 is 1.75 bits per heavy atom. The largest absolute Gasteiger partial charge is 0.513 e. The number of rotatable bonds is 3. The lowest BCUT2D eigenvalue weighted by Gasteiger charge is -2.32. The molecule has 0 aromatic heterocycles. The molecule has 0 aromatic rings. The SMILES string of the molecule is COC(O)C1C=C(B2OC(C)(C)C(C)(C)O2)N(C)N1C. The summed E-state index contributed by atoms with van der Waals surface area (Å²) in [5, 5.41) is 13.7. The number of likely N-dealkylation sites (N-methyl/N-ethyl adjacent to an activating group) is 1. The van der Waals surface area contributed by atoms with Crippen LogP contribution in [0.1, 0.15) is 27.7 Å². The fourth-order valence-electron chi connectivity index (χ4n) is 2.37. The molecule has 2 aliphatic rings. The Hall–Kier alpha value is -0.595. The molecule has 20 heavy (non-hydrogen) atoms. The number of aliphatic hydroxyl groups excluding tert-OH is 1. The molecule has 6 nitrogen and oxygen atoms in total. The van der Waals surface area contributed by atoms with Crippen molar-refractivity contribution in [3.63, 3.8) is 0 Å². The van der Waals surface area contributed by atoms with Gasteiger partial charge in [0.1, 0.15) is 0 Å². The zero-order chi connectivity index (χ0) is 15.3. The fraction of sp³-hybridized carbons (Fsp3) is 0.846. The summed E-state index contributed by atoms with van der Waals surface area (Å²) in [6.45, 7) is 8.09. The third kappa shape index (κ3) is 2.38. The van der Waals surface area contributed by atoms with Gasteiger partial charge in [0.15, 0.2) is 6.29 Å². The molecular weight excluding hydrogens is 259 g/mol. The third-order valence-corrected chi connectivity index (χ3v) is 4.65. The maximum absolute atomic E-state index is 9.90. The van der Waals surface area contributed by atoms with Crippen LogP contribution in [0.3, 0.4) is 0 Å². The molecule has 0 amide bonds. The molecule has 2 aliphatic heterocycles. The van der Waals surface area contributed by atoms with Crippen molar-refractivity contribution >= 4 is 7.12 Å². The highest BCUT2D eigenvalue weighted by molar-refractivity contribution is 6.54. The molecule has 0 radical (unpaired) electrons. The Kier molecular flexibility index (Phi) is 3.94. The van der Waals surface area contributed by atoms with Gasteiger partial charge in [0, 0.05) is 21.2 Å². The summed E-state index contributed by atoms with van der Waals surface area (Å²) in [7, 11) is 4.85. The van der Waals surface area contributed by atoms with E-state index in [1.807, 2.05) is 57.9 Å². The molecule has 0 bridgehead atoms. The first-order valence-corrected chi connectivity index (χ1v) is 6.85. The van der Waals surface area contributed by atoms with Crippen molar-refractivity contribution in [2.75, 3.05) is 21.2 Å². The number of nitrogens with zero attached hydrogens (tertiary/aromatic N) is 2. The molecule has 0 aromatic carbocycles. The number of ether oxygens (including phenoxy) is 1. The first-order valence-electron chi connectivity index (χ1n) is 6.85. The molecule has 1 fully saturated rings. The maximum atomic E-state index is 9.90. The second-order valence-corrected chi connectivity index (χ2v) is 6.39. The lowest BCUT2D eigenvalue weighted by Crippen LogP contribution is -2.44. The summed E-state index contributed by atoms with van der Waals surface area (Å²) in [6, 6.07) is -0.251. The Morgan fingerprint density at radius 1 is 1.25 bits per heavy atom. The zero-order valence-electron chi connectivity index (χ0n) is 13.4. The van der Waals surface area contributed by atoms with Crippen LogP contribution in [0.15, 0.2) is 11.7 Å². The van der Waals surface area contributed by atoms with Crippen LogP contribution in [-0.4, -0.2) is 67.0 Å². The summed E-state index contributed by atoms with van der Waals surface area (Å²) in [5.74, 6) is 0. The van der Waals surface area contributed by atoms with Gasteiger partial charge in [0.05, 0.1) is 22.8 Å². The van der Waals surface area contributed by atoms with Crippen LogP contribution in [0.25, 0.3) is 0 Å². The van der Waals surface area contributed by atoms with E-state index in [4.69, 9.17) is 14.0 Å². The van der Waals surface area contributed by atoms with E-state index in [2.05, 4.69) is 0 Å². The normalized spacial score (nSPS) is 30.8. The van der Waals surface area contributed by atoms with Gasteiger partial charge in [-0.3, -0.25) is 0 Å². The quantitative estimate of drug-likeness (QED) is 0.606. The lowest BCUT2D eigenvalue weighted by molar-refractivity contribution is -0.129. The second kappa shape index (κ2) is 5.00. The minimum atomic E-state index is -0.887. The van der Waals surface area contributed by atoms with Crippen LogP contribution in [-0.2, 0) is 14.0 Å². The molecule has 0 saturated carbocycles. The monoisotopic (exact) mass is 284 g/mol. The van der Waals surface area contributed by atoms with E-state index >= 15 is 0 Å². The topological polar surface area (TPSA) is 54.4 Å². The molecule has 2 rings (SSSR count). The van der Waals surface area contributed by atoms with Gasteiger partial charge in [-0.2, -0.15) is 0 Å². The third-order valence-electron chi connectivity index (χ3n) is 4.65. The molecule has 2 unspecified atom stereocenters.